The smallest absolute Gasteiger partial charge is 0.252 e. The van der Waals surface area contributed by atoms with E-state index in [4.69, 9.17) is 20.8 Å². The number of aromatic nitrogens is 2. The molecule has 1 amide bonds. The SMILES string of the molecule is COc1cccc(C(=O)N[C@@H](c2nnc(-c3ccccc3)o2)c2ccccc2Cl)c1. The van der Waals surface area contributed by atoms with Crippen LogP contribution in [0.1, 0.15) is 27.9 Å². The molecule has 0 saturated heterocycles. The first-order valence-electron chi connectivity index (χ1n) is 9.24. The van der Waals surface area contributed by atoms with Crippen LogP contribution in [0.5, 0.6) is 5.75 Å². The number of carbonyl (C=O) groups excluding carboxylic acids is 1. The minimum Gasteiger partial charge on any atom is -0.497 e. The number of hydrogen-bond donors (Lipinski definition) is 1. The highest BCUT2D eigenvalue weighted by Gasteiger charge is 2.26. The van der Waals surface area contributed by atoms with Crippen LogP contribution in [-0.4, -0.2) is 23.2 Å². The molecule has 0 aliphatic rings. The van der Waals surface area contributed by atoms with Crippen LogP contribution in [0.2, 0.25) is 5.02 Å². The zero-order valence-electron chi connectivity index (χ0n) is 16.1. The summed E-state index contributed by atoms with van der Waals surface area (Å²) in [4.78, 5) is 13.0. The number of benzene rings is 3. The molecule has 30 heavy (non-hydrogen) atoms. The second-order valence-corrected chi connectivity index (χ2v) is 6.88. The predicted octanol–water partition coefficient (Wildman–Crippen LogP) is 4.92. The number of carbonyl (C=O) groups is 1. The maximum absolute atomic E-state index is 13.0. The van der Waals surface area contributed by atoms with Crippen molar-refractivity contribution in [2.75, 3.05) is 7.11 Å². The average Bonchev–Trinajstić information content (AvgIpc) is 3.28. The molecule has 3 aromatic carbocycles. The van der Waals surface area contributed by atoms with Gasteiger partial charge in [0.25, 0.3) is 5.91 Å². The van der Waals surface area contributed by atoms with Crippen LogP contribution in [0.4, 0.5) is 0 Å². The molecule has 0 radical (unpaired) electrons. The number of nitrogens with zero attached hydrogens (tertiary/aromatic N) is 2. The van der Waals surface area contributed by atoms with Gasteiger partial charge < -0.3 is 14.5 Å². The molecular weight excluding hydrogens is 402 g/mol. The average molecular weight is 420 g/mol. The predicted molar refractivity (Wildman–Crippen MR) is 113 cm³/mol. The van der Waals surface area contributed by atoms with Crippen LogP contribution in [0, 0.1) is 0 Å². The Morgan fingerprint density at radius 2 is 1.77 bits per heavy atom. The summed E-state index contributed by atoms with van der Waals surface area (Å²) in [6.45, 7) is 0. The molecular formula is C23H18ClN3O3. The Morgan fingerprint density at radius 1 is 1.00 bits per heavy atom. The summed E-state index contributed by atoms with van der Waals surface area (Å²) >= 11 is 6.41. The number of rotatable bonds is 6. The lowest BCUT2D eigenvalue weighted by molar-refractivity contribution is 0.0937. The van der Waals surface area contributed by atoms with Crippen molar-refractivity contribution in [1.29, 1.82) is 0 Å². The van der Waals surface area contributed by atoms with Gasteiger partial charge in [-0.25, -0.2) is 0 Å². The quantitative estimate of drug-likeness (QED) is 0.480. The third-order valence-corrected chi connectivity index (χ3v) is 4.88. The summed E-state index contributed by atoms with van der Waals surface area (Å²) in [7, 11) is 1.55. The summed E-state index contributed by atoms with van der Waals surface area (Å²) in [5.41, 5.74) is 1.88. The number of halogens is 1. The van der Waals surface area contributed by atoms with Crippen LogP contribution in [0.3, 0.4) is 0 Å². The van der Waals surface area contributed by atoms with E-state index >= 15 is 0 Å². The molecule has 1 aromatic heterocycles. The summed E-state index contributed by atoms with van der Waals surface area (Å²) in [6, 6.07) is 22.8. The maximum atomic E-state index is 13.0. The van der Waals surface area contributed by atoms with Gasteiger partial charge in [-0.2, -0.15) is 0 Å². The normalized spacial score (nSPS) is 11.7. The van der Waals surface area contributed by atoms with E-state index in [1.54, 1.807) is 37.4 Å². The van der Waals surface area contributed by atoms with E-state index in [0.29, 0.717) is 27.8 Å². The van der Waals surface area contributed by atoms with Crippen molar-refractivity contribution in [3.05, 3.63) is 101 Å². The molecule has 0 spiro atoms. The minimum absolute atomic E-state index is 0.234. The minimum atomic E-state index is -0.720. The third-order valence-electron chi connectivity index (χ3n) is 4.53. The van der Waals surface area contributed by atoms with E-state index < -0.39 is 6.04 Å². The van der Waals surface area contributed by atoms with E-state index in [2.05, 4.69) is 15.5 Å². The Balaban J connectivity index is 1.70. The van der Waals surface area contributed by atoms with Gasteiger partial charge in [0.1, 0.15) is 11.8 Å². The molecule has 1 atom stereocenters. The molecule has 0 bridgehead atoms. The molecule has 4 aromatic rings. The van der Waals surface area contributed by atoms with E-state index in [0.717, 1.165) is 5.56 Å². The van der Waals surface area contributed by atoms with Gasteiger partial charge in [0.2, 0.25) is 11.8 Å². The lowest BCUT2D eigenvalue weighted by atomic mass is 10.1. The lowest BCUT2D eigenvalue weighted by Crippen LogP contribution is -2.29. The van der Waals surface area contributed by atoms with Crippen molar-refractivity contribution < 1.29 is 13.9 Å². The molecule has 7 heteroatoms. The van der Waals surface area contributed by atoms with Gasteiger partial charge in [0.15, 0.2) is 0 Å². The Bertz CT molecular complexity index is 1160. The van der Waals surface area contributed by atoms with Crippen molar-refractivity contribution >= 4 is 17.5 Å². The fourth-order valence-corrected chi connectivity index (χ4v) is 3.25. The Kier molecular flexibility index (Phi) is 5.77. The first-order valence-corrected chi connectivity index (χ1v) is 9.61. The highest BCUT2D eigenvalue weighted by Crippen LogP contribution is 2.30. The maximum Gasteiger partial charge on any atom is 0.252 e. The Labute approximate surface area is 178 Å². The third kappa shape index (κ3) is 4.18. The van der Waals surface area contributed by atoms with Crippen LogP contribution in [0.25, 0.3) is 11.5 Å². The summed E-state index contributed by atoms with van der Waals surface area (Å²) in [6.07, 6.45) is 0. The Morgan fingerprint density at radius 3 is 2.53 bits per heavy atom. The van der Waals surface area contributed by atoms with Gasteiger partial charge in [-0.3, -0.25) is 4.79 Å². The monoisotopic (exact) mass is 419 g/mol. The molecule has 4 rings (SSSR count). The van der Waals surface area contributed by atoms with Crippen molar-refractivity contribution in [1.82, 2.24) is 15.5 Å². The Hall–Kier alpha value is -3.64. The van der Waals surface area contributed by atoms with Crippen molar-refractivity contribution in [3.8, 4) is 17.2 Å². The number of ether oxygens (including phenoxy) is 1. The van der Waals surface area contributed by atoms with Crippen LogP contribution in [0.15, 0.2) is 83.3 Å². The first-order chi connectivity index (χ1) is 14.7. The standard InChI is InChI=1S/C23H18ClN3O3/c1-29-17-11-7-10-16(14-17)21(28)25-20(18-12-5-6-13-19(18)24)23-27-26-22(30-23)15-8-3-2-4-9-15/h2-14,20H,1H3,(H,25,28)/t20-/m1/s1. The molecule has 0 aliphatic carbocycles. The first kappa shape index (κ1) is 19.7. The van der Waals surface area contributed by atoms with Gasteiger partial charge in [-0.15, -0.1) is 10.2 Å². The van der Waals surface area contributed by atoms with Crippen LogP contribution in [-0.2, 0) is 0 Å². The molecule has 0 saturated carbocycles. The molecule has 0 unspecified atom stereocenters. The topological polar surface area (TPSA) is 77.2 Å². The summed E-state index contributed by atoms with van der Waals surface area (Å²) in [5, 5.41) is 11.7. The summed E-state index contributed by atoms with van der Waals surface area (Å²) in [5.74, 6) is 0.857. The van der Waals surface area contributed by atoms with Crippen LogP contribution < -0.4 is 10.1 Å². The molecule has 0 aliphatic heterocycles. The van der Waals surface area contributed by atoms with Crippen molar-refractivity contribution in [2.45, 2.75) is 6.04 Å². The lowest BCUT2D eigenvalue weighted by Gasteiger charge is -2.17. The second-order valence-electron chi connectivity index (χ2n) is 6.47. The van der Waals surface area contributed by atoms with Crippen LogP contribution >= 0.6 is 11.6 Å². The highest BCUT2D eigenvalue weighted by atomic mass is 35.5. The zero-order valence-corrected chi connectivity index (χ0v) is 16.8. The van der Waals surface area contributed by atoms with E-state index in [1.165, 1.54) is 0 Å². The molecule has 1 N–H and O–H groups in total. The van der Waals surface area contributed by atoms with E-state index in [-0.39, 0.29) is 11.8 Å². The van der Waals surface area contributed by atoms with E-state index in [1.807, 2.05) is 48.5 Å². The van der Waals surface area contributed by atoms with Gasteiger partial charge >= 0.3 is 0 Å². The zero-order chi connectivity index (χ0) is 20.9. The number of hydrogen-bond acceptors (Lipinski definition) is 5. The number of nitrogens with one attached hydrogen (secondary N) is 1. The van der Waals surface area contributed by atoms with Crippen molar-refractivity contribution in [3.63, 3.8) is 0 Å². The number of amides is 1. The van der Waals surface area contributed by atoms with Gasteiger partial charge in [-0.05, 0) is 36.4 Å². The van der Waals surface area contributed by atoms with Gasteiger partial charge in [-0.1, -0.05) is 54.1 Å². The molecule has 0 fully saturated rings. The van der Waals surface area contributed by atoms with Crippen molar-refractivity contribution in [2.24, 2.45) is 0 Å². The fraction of sp³-hybridized carbons (Fsp3) is 0.0870. The molecule has 1 heterocycles. The number of methoxy groups -OCH3 is 1. The highest BCUT2D eigenvalue weighted by molar-refractivity contribution is 6.31. The summed E-state index contributed by atoms with van der Waals surface area (Å²) < 4.78 is 11.1. The van der Waals surface area contributed by atoms with E-state index in [9.17, 15) is 4.79 Å². The fourth-order valence-electron chi connectivity index (χ4n) is 3.01. The van der Waals surface area contributed by atoms with Gasteiger partial charge in [0, 0.05) is 21.7 Å². The molecule has 6 nitrogen and oxygen atoms in total. The largest absolute Gasteiger partial charge is 0.497 e. The second kappa shape index (κ2) is 8.80. The molecule has 150 valence electrons. The van der Waals surface area contributed by atoms with Gasteiger partial charge in [0.05, 0.1) is 7.11 Å².